The summed E-state index contributed by atoms with van der Waals surface area (Å²) < 4.78 is 9.71. The highest BCUT2D eigenvalue weighted by Gasteiger charge is 2.11. The van der Waals surface area contributed by atoms with Crippen LogP contribution in [-0.4, -0.2) is 36.2 Å². The lowest BCUT2D eigenvalue weighted by atomic mass is 10.5. The van der Waals surface area contributed by atoms with Crippen molar-refractivity contribution in [1.82, 2.24) is 29.1 Å². The average molecular weight is 276 g/mol. The second kappa shape index (κ2) is 4.81. The minimum absolute atomic E-state index is 0.498. The van der Waals surface area contributed by atoms with Gasteiger partial charge in [-0.25, -0.2) is 9.97 Å². The lowest BCUT2D eigenvalue weighted by molar-refractivity contribution is 0.401. The van der Waals surface area contributed by atoms with E-state index in [4.69, 9.17) is 17.0 Å². The Kier molecular flexibility index (Phi) is 3.00. The summed E-state index contributed by atoms with van der Waals surface area (Å²) in [5, 5.41) is 0. The van der Waals surface area contributed by atoms with Gasteiger partial charge < -0.3 is 14.3 Å². The zero-order valence-corrected chi connectivity index (χ0v) is 11.1. The lowest BCUT2D eigenvalue weighted by Gasteiger charge is -2.05. The van der Waals surface area contributed by atoms with Crippen LogP contribution in [0.5, 0.6) is 5.88 Å². The number of rotatable bonds is 4. The minimum atomic E-state index is 0.498. The molecule has 0 spiro atoms. The smallest absolute Gasteiger partial charge is 0.242 e. The predicted molar refractivity (Wildman–Crippen MR) is 71.5 cm³/mol. The number of aromatic amines is 1. The molecule has 0 amide bonds. The molecule has 0 atom stereocenters. The van der Waals surface area contributed by atoms with Gasteiger partial charge in [-0.1, -0.05) is 0 Å². The quantitative estimate of drug-likeness (QED) is 0.729. The highest BCUT2D eigenvalue weighted by Crippen LogP contribution is 2.19. The summed E-state index contributed by atoms with van der Waals surface area (Å²) in [4.78, 5) is 15.4. The van der Waals surface area contributed by atoms with Gasteiger partial charge >= 0.3 is 0 Å². The Morgan fingerprint density at radius 2 is 2.26 bits per heavy atom. The molecule has 0 aromatic carbocycles. The molecule has 0 aliphatic rings. The van der Waals surface area contributed by atoms with E-state index in [0.717, 1.165) is 17.7 Å². The average Bonchev–Trinajstić information content (AvgIpc) is 3.03. The highest BCUT2D eigenvalue weighted by atomic mass is 32.1. The number of imidazole rings is 2. The Morgan fingerprint density at radius 3 is 3.00 bits per heavy atom. The standard InChI is InChI=1S/C11H12N6OS/c1-18-10-8-9(13-6-14-10)17(11(19)15-8)5-4-16-3-2-12-7-16/h2-3,6-7H,4-5H2,1H3,(H,15,19). The SMILES string of the molecule is COc1ncnc2c1[nH]c(=S)n2CCn1ccnc1. The van der Waals surface area contributed by atoms with Gasteiger partial charge in [0.05, 0.1) is 13.4 Å². The van der Waals surface area contributed by atoms with E-state index < -0.39 is 0 Å². The molecule has 0 fully saturated rings. The summed E-state index contributed by atoms with van der Waals surface area (Å²) >= 11 is 5.31. The molecule has 0 radical (unpaired) electrons. The van der Waals surface area contributed by atoms with Crippen LogP contribution < -0.4 is 4.74 Å². The normalized spacial score (nSPS) is 11.0. The van der Waals surface area contributed by atoms with Crippen molar-refractivity contribution in [3.05, 3.63) is 29.8 Å². The van der Waals surface area contributed by atoms with Crippen molar-refractivity contribution in [2.75, 3.05) is 7.11 Å². The second-order valence-corrected chi connectivity index (χ2v) is 4.35. The largest absolute Gasteiger partial charge is 0.479 e. The van der Waals surface area contributed by atoms with E-state index in [-0.39, 0.29) is 0 Å². The van der Waals surface area contributed by atoms with Crippen LogP contribution in [0.1, 0.15) is 0 Å². The van der Waals surface area contributed by atoms with Crippen molar-refractivity contribution in [2.45, 2.75) is 13.1 Å². The van der Waals surface area contributed by atoms with E-state index in [1.54, 1.807) is 19.6 Å². The third-order valence-corrected chi connectivity index (χ3v) is 3.18. The lowest BCUT2D eigenvalue weighted by Crippen LogP contribution is -2.06. The van der Waals surface area contributed by atoms with E-state index in [9.17, 15) is 0 Å². The molecule has 3 heterocycles. The number of ether oxygens (including phenoxy) is 1. The van der Waals surface area contributed by atoms with Gasteiger partial charge in [0.25, 0.3) is 0 Å². The number of hydrogen-bond donors (Lipinski definition) is 1. The number of nitrogens with one attached hydrogen (secondary N) is 1. The van der Waals surface area contributed by atoms with Gasteiger partial charge in [0.15, 0.2) is 10.4 Å². The Bertz CT molecular complexity index is 744. The number of methoxy groups -OCH3 is 1. The first-order valence-electron chi connectivity index (χ1n) is 5.73. The van der Waals surface area contributed by atoms with E-state index in [2.05, 4.69) is 19.9 Å². The molecule has 7 nitrogen and oxygen atoms in total. The van der Waals surface area contributed by atoms with Crippen LogP contribution in [0.15, 0.2) is 25.0 Å². The Hall–Kier alpha value is -2.22. The fourth-order valence-corrected chi connectivity index (χ4v) is 2.22. The summed E-state index contributed by atoms with van der Waals surface area (Å²) in [5.74, 6) is 0.498. The topological polar surface area (TPSA) is 73.6 Å². The van der Waals surface area contributed by atoms with Gasteiger partial charge in [-0.05, 0) is 12.2 Å². The molecule has 8 heteroatoms. The second-order valence-electron chi connectivity index (χ2n) is 3.96. The molecule has 3 rings (SSSR count). The predicted octanol–water partition coefficient (Wildman–Crippen LogP) is 1.39. The van der Waals surface area contributed by atoms with Crippen molar-refractivity contribution in [1.29, 1.82) is 0 Å². The molecular formula is C11H12N6OS. The van der Waals surface area contributed by atoms with Gasteiger partial charge in [0, 0.05) is 25.5 Å². The van der Waals surface area contributed by atoms with Crippen LogP contribution >= 0.6 is 12.2 Å². The third kappa shape index (κ3) is 2.10. The Balaban J connectivity index is 1.99. The van der Waals surface area contributed by atoms with Crippen molar-refractivity contribution in [2.24, 2.45) is 0 Å². The molecule has 0 aliphatic heterocycles. The maximum atomic E-state index is 5.31. The van der Waals surface area contributed by atoms with E-state index in [1.165, 1.54) is 6.33 Å². The van der Waals surface area contributed by atoms with Crippen LogP contribution in [0.25, 0.3) is 11.2 Å². The van der Waals surface area contributed by atoms with Crippen LogP contribution in [0.4, 0.5) is 0 Å². The molecule has 19 heavy (non-hydrogen) atoms. The molecular weight excluding hydrogens is 264 g/mol. The van der Waals surface area contributed by atoms with Gasteiger partial charge in [0.1, 0.15) is 11.8 Å². The number of H-pyrrole nitrogens is 1. The zero-order valence-electron chi connectivity index (χ0n) is 10.3. The first kappa shape index (κ1) is 11.8. The Labute approximate surface area is 113 Å². The fraction of sp³-hybridized carbons (Fsp3) is 0.273. The van der Waals surface area contributed by atoms with Crippen LogP contribution in [-0.2, 0) is 13.1 Å². The van der Waals surface area contributed by atoms with E-state index in [0.29, 0.717) is 17.2 Å². The van der Waals surface area contributed by atoms with Gasteiger partial charge in [-0.3, -0.25) is 4.57 Å². The monoisotopic (exact) mass is 276 g/mol. The number of hydrogen-bond acceptors (Lipinski definition) is 5. The summed E-state index contributed by atoms with van der Waals surface area (Å²) in [6.45, 7) is 1.48. The van der Waals surface area contributed by atoms with Crippen LogP contribution in [0.3, 0.4) is 0 Å². The van der Waals surface area contributed by atoms with Gasteiger partial charge in [-0.2, -0.15) is 4.98 Å². The fourth-order valence-electron chi connectivity index (χ4n) is 1.94. The Morgan fingerprint density at radius 1 is 1.37 bits per heavy atom. The maximum absolute atomic E-state index is 5.31. The molecule has 0 saturated heterocycles. The molecule has 3 aromatic heterocycles. The van der Waals surface area contributed by atoms with Crippen LogP contribution in [0, 0.1) is 4.77 Å². The van der Waals surface area contributed by atoms with Crippen LogP contribution in [0.2, 0.25) is 0 Å². The number of aromatic nitrogens is 6. The van der Waals surface area contributed by atoms with Crippen molar-refractivity contribution < 1.29 is 4.74 Å². The molecule has 98 valence electrons. The van der Waals surface area contributed by atoms with Crippen molar-refractivity contribution in [3.8, 4) is 5.88 Å². The van der Waals surface area contributed by atoms with E-state index >= 15 is 0 Å². The minimum Gasteiger partial charge on any atom is -0.479 e. The first-order chi connectivity index (χ1) is 9.29. The van der Waals surface area contributed by atoms with Crippen molar-refractivity contribution in [3.63, 3.8) is 0 Å². The van der Waals surface area contributed by atoms with E-state index in [1.807, 2.05) is 15.3 Å². The molecule has 1 N–H and O–H groups in total. The zero-order chi connectivity index (χ0) is 13.2. The van der Waals surface area contributed by atoms with Gasteiger partial charge in [-0.15, -0.1) is 0 Å². The summed E-state index contributed by atoms with van der Waals surface area (Å²) in [7, 11) is 1.57. The van der Waals surface area contributed by atoms with Gasteiger partial charge in [0.2, 0.25) is 5.88 Å². The summed E-state index contributed by atoms with van der Waals surface area (Å²) in [5.41, 5.74) is 1.47. The number of aryl methyl sites for hydroxylation is 2. The third-order valence-electron chi connectivity index (χ3n) is 2.86. The van der Waals surface area contributed by atoms with Crippen molar-refractivity contribution >= 4 is 23.4 Å². The first-order valence-corrected chi connectivity index (χ1v) is 6.13. The molecule has 0 aliphatic carbocycles. The molecule has 3 aromatic rings. The molecule has 0 unspecified atom stereocenters. The number of fused-ring (bicyclic) bond motifs is 1. The molecule has 0 bridgehead atoms. The highest BCUT2D eigenvalue weighted by molar-refractivity contribution is 7.71. The summed E-state index contributed by atoms with van der Waals surface area (Å²) in [6, 6.07) is 0. The number of nitrogens with zero attached hydrogens (tertiary/aromatic N) is 5. The maximum Gasteiger partial charge on any atom is 0.242 e. The summed E-state index contributed by atoms with van der Waals surface area (Å²) in [6.07, 6.45) is 6.90. The molecule has 0 saturated carbocycles.